The van der Waals surface area contributed by atoms with Crippen LogP contribution in [0, 0.1) is 24.0 Å². The van der Waals surface area contributed by atoms with Crippen LogP contribution in [-0.2, 0) is 0 Å². The van der Waals surface area contributed by atoms with Gasteiger partial charge in [0.05, 0.1) is 16.2 Å². The predicted octanol–water partition coefficient (Wildman–Crippen LogP) is 7.74. The quantitative estimate of drug-likeness (QED) is 0.126. The van der Waals surface area contributed by atoms with Gasteiger partial charge in [-0.15, -0.1) is 0 Å². The van der Waals surface area contributed by atoms with E-state index in [1.165, 1.54) is 24.3 Å². The molecular formula is C27H23Cl2N3O6. The van der Waals surface area contributed by atoms with Crippen molar-refractivity contribution in [2.45, 2.75) is 13.8 Å². The number of hydrogen-bond donors (Lipinski definition) is 3. The van der Waals surface area contributed by atoms with E-state index in [4.69, 9.17) is 9.53 Å². The topological polar surface area (TPSA) is 131 Å². The number of nitro benzene ring substituents is 1. The molecular weight excluding hydrogens is 533 g/mol. The number of amides is 1. The molecule has 0 unspecified atom stereocenters. The highest BCUT2D eigenvalue weighted by Crippen LogP contribution is 2.40. The van der Waals surface area contributed by atoms with Gasteiger partial charge in [0.25, 0.3) is 11.6 Å². The summed E-state index contributed by atoms with van der Waals surface area (Å²) < 4.78 is 5.22. The number of halogens is 2. The summed E-state index contributed by atoms with van der Waals surface area (Å²) in [5.74, 6) is 0.0114. The van der Waals surface area contributed by atoms with Gasteiger partial charge in [0, 0.05) is 35.6 Å². The second-order valence-corrected chi connectivity index (χ2v) is 8.98. The lowest BCUT2D eigenvalue weighted by atomic mass is 10.0. The molecule has 0 heterocycles. The van der Waals surface area contributed by atoms with E-state index in [1.54, 1.807) is 31.3 Å². The number of aryl methyl sites for hydroxylation is 2. The average molecular weight is 556 g/mol. The van der Waals surface area contributed by atoms with Crippen LogP contribution < -0.4 is 15.4 Å². The van der Waals surface area contributed by atoms with Crippen molar-refractivity contribution in [1.29, 1.82) is 0 Å². The largest absolute Gasteiger partial charge is 0.506 e. The number of fused-ring (bicyclic) bond motifs is 1. The van der Waals surface area contributed by atoms with Gasteiger partial charge in [-0.1, -0.05) is 36.4 Å². The van der Waals surface area contributed by atoms with Crippen molar-refractivity contribution in [2.75, 3.05) is 17.7 Å². The first-order valence-corrected chi connectivity index (χ1v) is 11.9. The number of hydrogen-bond acceptors (Lipinski definition) is 7. The number of ether oxygens (including phenoxy) is 1. The third-order valence-corrected chi connectivity index (χ3v) is 5.53. The highest BCUT2D eigenvalue weighted by atomic mass is 35.5. The summed E-state index contributed by atoms with van der Waals surface area (Å²) in [6.45, 7) is 3.82. The number of phenols is 1. The summed E-state index contributed by atoms with van der Waals surface area (Å²) >= 11 is 8.80. The van der Waals surface area contributed by atoms with Gasteiger partial charge in [0.2, 0.25) is 0 Å². The Bertz CT molecular complexity index is 1540. The van der Waals surface area contributed by atoms with Crippen LogP contribution in [0.3, 0.4) is 0 Å². The Hall–Kier alpha value is -4.34. The maximum Gasteiger partial charge on any atom is 0.313 e. The maximum absolute atomic E-state index is 13.2. The van der Waals surface area contributed by atoms with Crippen molar-refractivity contribution in [3.8, 4) is 17.2 Å². The van der Waals surface area contributed by atoms with Gasteiger partial charge in [0.15, 0.2) is 5.75 Å². The Kier molecular flexibility index (Phi) is 9.11. The van der Waals surface area contributed by atoms with Gasteiger partial charge in [-0.05, 0) is 66.4 Å². The molecule has 0 aliphatic heterocycles. The number of rotatable bonds is 6. The molecule has 0 saturated carbocycles. The van der Waals surface area contributed by atoms with E-state index in [2.05, 4.69) is 33.8 Å². The van der Waals surface area contributed by atoms with Gasteiger partial charge in [-0.2, -0.15) is 0 Å². The normalized spacial score (nSPS) is 10.2. The van der Waals surface area contributed by atoms with E-state index in [0.717, 1.165) is 11.1 Å². The van der Waals surface area contributed by atoms with Crippen LogP contribution in [-0.4, -0.2) is 27.7 Å². The fourth-order valence-corrected chi connectivity index (χ4v) is 3.68. The Labute approximate surface area is 228 Å². The summed E-state index contributed by atoms with van der Waals surface area (Å²) in [5, 5.41) is 28.8. The summed E-state index contributed by atoms with van der Waals surface area (Å²) in [4.78, 5) is 32.8. The van der Waals surface area contributed by atoms with Crippen molar-refractivity contribution < 1.29 is 24.4 Å². The minimum Gasteiger partial charge on any atom is -0.506 e. The Balaban J connectivity index is 0.000000934. The van der Waals surface area contributed by atoms with Crippen molar-refractivity contribution >= 4 is 61.6 Å². The summed E-state index contributed by atoms with van der Waals surface area (Å²) in [6.07, 6.45) is 0. The lowest BCUT2D eigenvalue weighted by Gasteiger charge is -2.16. The molecule has 0 aromatic heterocycles. The molecule has 4 rings (SSSR count). The first-order valence-electron chi connectivity index (χ1n) is 11.1. The summed E-state index contributed by atoms with van der Waals surface area (Å²) in [7, 11) is 1.63. The molecule has 4 aromatic rings. The lowest BCUT2D eigenvalue weighted by molar-refractivity contribution is -0.384. The number of anilines is 2. The standard InChI is InChI=1S/C26H23N3O5.CCl2O/c1-15-8-9-16(2)21(12-15)28-26(31)20-14-24(18-6-4-5-7-19(18)25(20)30)34-23-11-10-17(29(32)33)13-22(23)27-3;2-1(3)4/h4-14,27,30H,1-3H3,(H,28,31);. The molecule has 0 saturated heterocycles. The van der Waals surface area contributed by atoms with E-state index < -0.39 is 15.5 Å². The monoisotopic (exact) mass is 555 g/mol. The fourth-order valence-electron chi connectivity index (χ4n) is 3.68. The molecule has 3 N–H and O–H groups in total. The van der Waals surface area contributed by atoms with Crippen LogP contribution in [0.1, 0.15) is 21.5 Å². The van der Waals surface area contributed by atoms with Crippen molar-refractivity contribution in [2.24, 2.45) is 0 Å². The van der Waals surface area contributed by atoms with Crippen molar-refractivity contribution in [3.63, 3.8) is 0 Å². The van der Waals surface area contributed by atoms with Gasteiger partial charge in [-0.25, -0.2) is 0 Å². The predicted molar refractivity (Wildman–Crippen MR) is 149 cm³/mol. The van der Waals surface area contributed by atoms with E-state index in [1.807, 2.05) is 32.0 Å². The number of non-ortho nitro benzene ring substituents is 1. The van der Waals surface area contributed by atoms with Crippen LogP contribution in [0.5, 0.6) is 17.2 Å². The van der Waals surface area contributed by atoms with Gasteiger partial charge >= 0.3 is 4.70 Å². The van der Waals surface area contributed by atoms with Gasteiger partial charge < -0.3 is 20.5 Å². The van der Waals surface area contributed by atoms with E-state index in [9.17, 15) is 20.0 Å². The minimum atomic E-state index is -0.889. The average Bonchev–Trinajstić information content (AvgIpc) is 2.87. The molecule has 0 radical (unpaired) electrons. The van der Waals surface area contributed by atoms with Crippen molar-refractivity contribution in [1.82, 2.24) is 0 Å². The molecule has 0 bridgehead atoms. The third-order valence-electron chi connectivity index (χ3n) is 5.53. The second-order valence-electron chi connectivity index (χ2n) is 8.10. The van der Waals surface area contributed by atoms with Crippen LogP contribution >= 0.6 is 23.2 Å². The maximum atomic E-state index is 13.2. The highest BCUT2D eigenvalue weighted by molar-refractivity contribution is 6.93. The number of benzene rings is 4. The minimum absolute atomic E-state index is 0.0440. The van der Waals surface area contributed by atoms with Crippen LogP contribution in [0.4, 0.5) is 21.9 Å². The van der Waals surface area contributed by atoms with Crippen molar-refractivity contribution in [3.05, 3.63) is 93.5 Å². The lowest BCUT2D eigenvalue weighted by Crippen LogP contribution is -2.13. The number of carbonyl (C=O) groups excluding carboxylic acids is 2. The number of carbonyl (C=O) groups is 2. The zero-order chi connectivity index (χ0) is 28.0. The fraction of sp³-hybridized carbons (Fsp3) is 0.111. The molecule has 196 valence electrons. The Morgan fingerprint density at radius 2 is 1.58 bits per heavy atom. The third kappa shape index (κ3) is 6.70. The first-order chi connectivity index (χ1) is 18.0. The van der Waals surface area contributed by atoms with Crippen LogP contribution in [0.15, 0.2) is 66.7 Å². The molecule has 9 nitrogen and oxygen atoms in total. The molecule has 38 heavy (non-hydrogen) atoms. The number of nitro groups is 1. The summed E-state index contributed by atoms with van der Waals surface area (Å²) in [5.41, 5.74) is 2.90. The molecule has 11 heteroatoms. The van der Waals surface area contributed by atoms with E-state index >= 15 is 0 Å². The second kappa shape index (κ2) is 12.3. The smallest absolute Gasteiger partial charge is 0.313 e. The number of aromatic hydroxyl groups is 1. The Morgan fingerprint density at radius 1 is 0.921 bits per heavy atom. The molecule has 0 spiro atoms. The zero-order valence-electron chi connectivity index (χ0n) is 20.5. The number of nitrogens with one attached hydrogen (secondary N) is 2. The number of phenolic OH excluding ortho intramolecular Hbond substituents is 1. The van der Waals surface area contributed by atoms with E-state index in [-0.39, 0.29) is 17.0 Å². The first kappa shape index (κ1) is 28.2. The SMILES string of the molecule is CNc1cc([N+](=O)[O-])ccc1Oc1cc(C(=O)Nc2cc(C)ccc2C)c(O)c2ccccc12.O=C(Cl)Cl. The van der Waals surface area contributed by atoms with Crippen LogP contribution in [0.2, 0.25) is 0 Å². The zero-order valence-corrected chi connectivity index (χ0v) is 22.1. The van der Waals surface area contributed by atoms with Gasteiger partial charge in [0.1, 0.15) is 11.5 Å². The summed E-state index contributed by atoms with van der Waals surface area (Å²) in [6, 6.07) is 18.4. The highest BCUT2D eigenvalue weighted by Gasteiger charge is 2.20. The van der Waals surface area contributed by atoms with E-state index in [0.29, 0.717) is 33.6 Å². The molecule has 0 fully saturated rings. The molecule has 1 amide bonds. The van der Waals surface area contributed by atoms with Gasteiger partial charge in [-0.3, -0.25) is 19.7 Å². The molecule has 0 aliphatic carbocycles. The molecule has 0 aliphatic rings. The molecule has 4 aromatic carbocycles. The van der Waals surface area contributed by atoms with Crippen LogP contribution in [0.25, 0.3) is 10.8 Å². The molecule has 0 atom stereocenters. The Morgan fingerprint density at radius 3 is 2.21 bits per heavy atom. The number of nitrogens with zero attached hydrogens (tertiary/aromatic N) is 1.